The van der Waals surface area contributed by atoms with E-state index >= 15 is 0 Å². The first kappa shape index (κ1) is 16.4. The number of hydrogen-bond acceptors (Lipinski definition) is 4. The van der Waals surface area contributed by atoms with Crippen molar-refractivity contribution in [3.8, 4) is 0 Å². The molecule has 0 aromatic carbocycles. The molecule has 126 valence electrons. The van der Waals surface area contributed by atoms with Gasteiger partial charge in [0.25, 0.3) is 0 Å². The third-order valence-corrected chi connectivity index (χ3v) is 6.11. The van der Waals surface area contributed by atoms with Crippen LogP contribution in [0.1, 0.15) is 32.1 Å². The van der Waals surface area contributed by atoms with Crippen molar-refractivity contribution in [1.82, 2.24) is 10.2 Å². The Balaban J connectivity index is 1.40. The monoisotopic (exact) mass is 327 g/mol. The van der Waals surface area contributed by atoms with Gasteiger partial charge in [-0.2, -0.15) is 11.8 Å². The molecular weight excluding hydrogens is 298 g/mol. The second kappa shape index (κ2) is 7.41. The molecule has 6 heteroatoms. The molecule has 1 atom stereocenters. The Kier molecular flexibility index (Phi) is 5.52. The molecule has 3 rings (SSSR count). The van der Waals surface area contributed by atoms with E-state index in [1.807, 2.05) is 18.8 Å². The molecule has 0 amide bonds. The van der Waals surface area contributed by atoms with Crippen LogP contribution in [0.2, 0.25) is 0 Å². The molecule has 2 heterocycles. The number of ether oxygens (including phenoxy) is 1. The first-order chi connectivity index (χ1) is 10.7. The van der Waals surface area contributed by atoms with Crippen LogP contribution in [0.4, 0.5) is 0 Å². The third kappa shape index (κ3) is 4.52. The maximum absolute atomic E-state index is 10.4. The van der Waals surface area contributed by atoms with Crippen molar-refractivity contribution in [2.75, 3.05) is 44.8 Å². The zero-order chi connectivity index (χ0) is 15.4. The number of likely N-dealkylation sites (tertiary alicyclic amines) is 1. The molecule has 5 nitrogen and oxygen atoms in total. The number of thioether (sulfide) groups is 1. The number of rotatable bonds is 5. The van der Waals surface area contributed by atoms with Crippen molar-refractivity contribution >= 4 is 17.7 Å². The largest absolute Gasteiger partial charge is 0.387 e. The molecule has 2 N–H and O–H groups in total. The molecule has 1 aliphatic carbocycles. The molecule has 0 aromatic heterocycles. The molecule has 2 aliphatic heterocycles. The zero-order valence-corrected chi connectivity index (χ0v) is 14.4. The quantitative estimate of drug-likeness (QED) is 0.589. The highest BCUT2D eigenvalue weighted by Gasteiger charge is 2.32. The highest BCUT2D eigenvalue weighted by Crippen LogP contribution is 2.30. The van der Waals surface area contributed by atoms with Crippen LogP contribution in [0.3, 0.4) is 0 Å². The summed E-state index contributed by atoms with van der Waals surface area (Å²) in [6.07, 6.45) is 6.16. The van der Waals surface area contributed by atoms with Crippen LogP contribution in [0.5, 0.6) is 0 Å². The predicted molar refractivity (Wildman–Crippen MR) is 91.5 cm³/mol. The lowest BCUT2D eigenvalue weighted by atomic mass is 10.0. The van der Waals surface area contributed by atoms with Gasteiger partial charge in [-0.15, -0.1) is 0 Å². The second-order valence-electron chi connectivity index (χ2n) is 6.89. The zero-order valence-electron chi connectivity index (χ0n) is 13.6. The first-order valence-electron chi connectivity index (χ1n) is 8.56. The van der Waals surface area contributed by atoms with E-state index in [1.54, 1.807) is 0 Å². The van der Waals surface area contributed by atoms with Gasteiger partial charge in [-0.05, 0) is 43.8 Å². The lowest BCUT2D eigenvalue weighted by Gasteiger charge is -2.35. The van der Waals surface area contributed by atoms with E-state index in [-0.39, 0.29) is 0 Å². The predicted octanol–water partition coefficient (Wildman–Crippen LogP) is 1.32. The topological polar surface area (TPSA) is 57.1 Å². The summed E-state index contributed by atoms with van der Waals surface area (Å²) < 4.78 is 6.00. The van der Waals surface area contributed by atoms with E-state index < -0.39 is 5.60 Å². The van der Waals surface area contributed by atoms with Gasteiger partial charge in [-0.1, -0.05) is 0 Å². The average Bonchev–Trinajstić information content (AvgIpc) is 3.27. The van der Waals surface area contributed by atoms with Crippen LogP contribution in [0.25, 0.3) is 0 Å². The Morgan fingerprint density at radius 1 is 1.36 bits per heavy atom. The summed E-state index contributed by atoms with van der Waals surface area (Å²) in [5, 5.41) is 13.8. The van der Waals surface area contributed by atoms with Gasteiger partial charge in [-0.3, -0.25) is 4.99 Å². The van der Waals surface area contributed by atoms with Gasteiger partial charge in [0.1, 0.15) is 0 Å². The van der Waals surface area contributed by atoms with Gasteiger partial charge in [0.05, 0.1) is 11.7 Å². The lowest BCUT2D eigenvalue weighted by Crippen LogP contribution is -2.51. The Morgan fingerprint density at radius 2 is 2.14 bits per heavy atom. The fourth-order valence-electron chi connectivity index (χ4n) is 3.10. The minimum absolute atomic E-state index is 0.422. The van der Waals surface area contributed by atoms with Crippen LogP contribution in [0.15, 0.2) is 4.99 Å². The van der Waals surface area contributed by atoms with Gasteiger partial charge >= 0.3 is 0 Å². The normalized spacial score (nSPS) is 30.8. The van der Waals surface area contributed by atoms with Crippen molar-refractivity contribution in [1.29, 1.82) is 0 Å². The number of guanidine groups is 1. The summed E-state index contributed by atoms with van der Waals surface area (Å²) in [4.78, 5) is 6.68. The molecule has 0 spiro atoms. The summed E-state index contributed by atoms with van der Waals surface area (Å²) in [6, 6.07) is 0. The second-order valence-corrected chi connectivity index (χ2v) is 8.00. The van der Waals surface area contributed by atoms with Crippen molar-refractivity contribution in [2.45, 2.75) is 43.8 Å². The molecule has 1 saturated carbocycles. The summed E-state index contributed by atoms with van der Waals surface area (Å²) >= 11 is 1.83. The molecule has 0 radical (unpaired) electrons. The first-order valence-corrected chi connectivity index (χ1v) is 9.71. The molecule has 1 unspecified atom stereocenters. The summed E-state index contributed by atoms with van der Waals surface area (Å²) in [5.41, 5.74) is -0.563. The Morgan fingerprint density at radius 3 is 2.73 bits per heavy atom. The summed E-state index contributed by atoms with van der Waals surface area (Å²) in [7, 11) is 1.82. The van der Waals surface area contributed by atoms with Gasteiger partial charge in [-0.25, -0.2) is 0 Å². The number of piperidine rings is 1. The minimum atomic E-state index is -0.563. The molecule has 3 aliphatic rings. The van der Waals surface area contributed by atoms with Crippen molar-refractivity contribution < 1.29 is 9.84 Å². The molecule has 0 bridgehead atoms. The average molecular weight is 327 g/mol. The van der Waals surface area contributed by atoms with Gasteiger partial charge in [0.15, 0.2) is 5.96 Å². The third-order valence-electron chi connectivity index (χ3n) is 4.88. The Hall–Kier alpha value is -0.460. The summed E-state index contributed by atoms with van der Waals surface area (Å²) in [6.45, 7) is 3.54. The number of nitrogens with zero attached hydrogens (tertiary/aromatic N) is 2. The van der Waals surface area contributed by atoms with E-state index in [1.165, 1.54) is 12.8 Å². The van der Waals surface area contributed by atoms with Crippen LogP contribution >= 0.6 is 11.8 Å². The van der Waals surface area contributed by atoms with E-state index in [0.29, 0.717) is 12.6 Å². The lowest BCUT2D eigenvalue weighted by molar-refractivity contribution is 0.0126. The summed E-state index contributed by atoms with van der Waals surface area (Å²) in [5.74, 6) is 3.65. The van der Waals surface area contributed by atoms with E-state index in [2.05, 4.69) is 15.2 Å². The fourth-order valence-corrected chi connectivity index (χ4v) is 4.40. The minimum Gasteiger partial charge on any atom is -0.387 e. The number of hydrogen-bond donors (Lipinski definition) is 2. The Bertz CT molecular complexity index is 387. The van der Waals surface area contributed by atoms with E-state index in [4.69, 9.17) is 4.74 Å². The molecule has 3 fully saturated rings. The maximum atomic E-state index is 10.4. The van der Waals surface area contributed by atoms with Gasteiger partial charge < -0.3 is 20.1 Å². The van der Waals surface area contributed by atoms with Crippen molar-refractivity contribution in [2.24, 2.45) is 10.9 Å². The van der Waals surface area contributed by atoms with Crippen LogP contribution in [0, 0.1) is 5.92 Å². The van der Waals surface area contributed by atoms with Crippen molar-refractivity contribution in [3.05, 3.63) is 0 Å². The van der Waals surface area contributed by atoms with Crippen LogP contribution < -0.4 is 5.32 Å². The number of aliphatic hydroxyl groups is 1. The SMILES string of the molecule is CN=C(NCC1(O)CCSC1)N1CCC(OCC2CC2)CC1. The van der Waals surface area contributed by atoms with Gasteiger partial charge in [0, 0.05) is 39.0 Å². The maximum Gasteiger partial charge on any atom is 0.193 e. The highest BCUT2D eigenvalue weighted by molar-refractivity contribution is 7.99. The number of aliphatic imine (C=N–C) groups is 1. The fraction of sp³-hybridized carbons (Fsp3) is 0.938. The van der Waals surface area contributed by atoms with Gasteiger partial charge in [0.2, 0.25) is 0 Å². The Labute approximate surface area is 137 Å². The van der Waals surface area contributed by atoms with E-state index in [9.17, 15) is 5.11 Å². The van der Waals surface area contributed by atoms with E-state index in [0.717, 1.165) is 62.3 Å². The molecule has 22 heavy (non-hydrogen) atoms. The number of nitrogens with one attached hydrogen (secondary N) is 1. The smallest absolute Gasteiger partial charge is 0.193 e. The highest BCUT2D eigenvalue weighted by atomic mass is 32.2. The standard InChI is InChI=1S/C16H29N3O2S/c1-17-15(18-11-16(20)6-9-22-12-16)19-7-4-14(5-8-19)21-10-13-2-3-13/h13-14,20H,2-12H2,1H3,(H,17,18). The molecule has 2 saturated heterocycles. The molecule has 0 aromatic rings. The van der Waals surface area contributed by atoms with Crippen LogP contribution in [-0.2, 0) is 4.74 Å². The molecular formula is C16H29N3O2S. The van der Waals surface area contributed by atoms with Crippen molar-refractivity contribution in [3.63, 3.8) is 0 Å². The van der Waals surface area contributed by atoms with Crippen LogP contribution in [-0.4, -0.2) is 72.5 Å².